The van der Waals surface area contributed by atoms with Gasteiger partial charge in [0.1, 0.15) is 0 Å². The Morgan fingerprint density at radius 2 is 1.83 bits per heavy atom. The molecule has 0 atom stereocenters. The summed E-state index contributed by atoms with van der Waals surface area (Å²) in [6, 6.07) is 0. The third kappa shape index (κ3) is 0.608. The van der Waals surface area contributed by atoms with Gasteiger partial charge >= 0.3 is 0 Å². The molecule has 0 nitrogen and oxygen atoms in total. The average molecular weight is 160 g/mol. The lowest BCUT2D eigenvalue weighted by molar-refractivity contribution is 0.510. The van der Waals surface area contributed by atoms with Gasteiger partial charge in [-0.2, -0.15) is 0 Å². The van der Waals surface area contributed by atoms with Crippen molar-refractivity contribution in [1.82, 2.24) is 0 Å². The van der Waals surface area contributed by atoms with Crippen LogP contribution in [-0.4, -0.2) is 0 Å². The quantitative estimate of drug-likeness (QED) is 0.510. The summed E-state index contributed by atoms with van der Waals surface area (Å²) in [7, 11) is 0. The lowest BCUT2D eigenvalue weighted by Crippen LogP contribution is -2.09. The van der Waals surface area contributed by atoms with E-state index in [1.165, 1.54) is 12.8 Å². The highest BCUT2D eigenvalue weighted by Crippen LogP contribution is 2.89. The van der Waals surface area contributed by atoms with Crippen LogP contribution >= 0.6 is 0 Å². The Labute approximate surface area is 74.4 Å². The van der Waals surface area contributed by atoms with E-state index in [0.717, 1.165) is 0 Å². The Kier molecular flexibility index (Phi) is 0.839. The summed E-state index contributed by atoms with van der Waals surface area (Å²) in [6.07, 6.45) is 10.3. The Morgan fingerprint density at radius 3 is 2.33 bits per heavy atom. The second-order valence-electron chi connectivity index (χ2n) is 5.85. The Morgan fingerprint density at radius 1 is 1.17 bits per heavy atom. The van der Waals surface area contributed by atoms with Gasteiger partial charge < -0.3 is 0 Å². The lowest BCUT2D eigenvalue weighted by Gasteiger charge is -2.21. The smallest absolute Gasteiger partial charge is 0.000340 e. The van der Waals surface area contributed by atoms with Gasteiger partial charge in [0.2, 0.25) is 0 Å². The van der Waals surface area contributed by atoms with Gasteiger partial charge in [0, 0.05) is 0 Å². The van der Waals surface area contributed by atoms with Crippen molar-refractivity contribution in [3.05, 3.63) is 23.8 Å². The number of allylic oxidation sites excluding steroid dienone is 4. The second-order valence-corrected chi connectivity index (χ2v) is 5.85. The highest BCUT2D eigenvalue weighted by molar-refractivity contribution is 5.52. The maximum absolute atomic E-state index is 2.55. The van der Waals surface area contributed by atoms with Crippen molar-refractivity contribution in [2.24, 2.45) is 16.2 Å². The molecule has 0 heterocycles. The van der Waals surface area contributed by atoms with E-state index in [0.29, 0.717) is 16.2 Å². The molecular formula is C12H16. The fraction of sp³-hybridized carbons (Fsp3) is 0.667. The van der Waals surface area contributed by atoms with Crippen molar-refractivity contribution in [3.8, 4) is 0 Å². The highest BCUT2D eigenvalue weighted by Gasteiger charge is 2.80. The molecule has 0 saturated heterocycles. The zero-order valence-electron chi connectivity index (χ0n) is 8.15. The average Bonchev–Trinajstić information content (AvgIpc) is 2.66. The van der Waals surface area contributed by atoms with Crippen LogP contribution in [0.25, 0.3) is 0 Å². The van der Waals surface area contributed by atoms with Crippen LogP contribution in [0, 0.1) is 16.2 Å². The maximum Gasteiger partial charge on any atom is -0.000340 e. The van der Waals surface area contributed by atoms with Gasteiger partial charge in [-0.3, -0.25) is 0 Å². The van der Waals surface area contributed by atoms with Gasteiger partial charge in [-0.25, -0.2) is 0 Å². The molecule has 0 spiro atoms. The molecule has 0 amide bonds. The van der Waals surface area contributed by atoms with Crippen LogP contribution in [0.1, 0.15) is 33.6 Å². The van der Waals surface area contributed by atoms with Crippen LogP contribution < -0.4 is 0 Å². The highest BCUT2D eigenvalue weighted by atomic mass is 14.8. The molecule has 0 aliphatic heterocycles. The molecule has 3 aliphatic rings. The molecule has 3 aliphatic carbocycles. The van der Waals surface area contributed by atoms with Gasteiger partial charge in [-0.15, -0.1) is 0 Å². The fourth-order valence-corrected chi connectivity index (χ4v) is 2.58. The second kappa shape index (κ2) is 1.45. The summed E-state index contributed by atoms with van der Waals surface area (Å²) >= 11 is 0. The molecule has 0 aromatic heterocycles. The van der Waals surface area contributed by atoms with Gasteiger partial charge in [0.15, 0.2) is 0 Å². The Hall–Kier alpha value is -0.520. The molecule has 0 bridgehead atoms. The fourth-order valence-electron chi connectivity index (χ4n) is 2.58. The zero-order valence-corrected chi connectivity index (χ0v) is 8.15. The minimum atomic E-state index is 0.350. The van der Waals surface area contributed by atoms with E-state index in [1.807, 2.05) is 0 Å². The first kappa shape index (κ1) is 6.94. The predicted octanol–water partition coefficient (Wildman–Crippen LogP) is 3.31. The van der Waals surface area contributed by atoms with Crippen LogP contribution in [0.2, 0.25) is 0 Å². The molecule has 0 unspecified atom stereocenters. The van der Waals surface area contributed by atoms with E-state index < -0.39 is 0 Å². The van der Waals surface area contributed by atoms with Crippen molar-refractivity contribution in [2.45, 2.75) is 33.6 Å². The van der Waals surface area contributed by atoms with E-state index in [1.54, 1.807) is 5.57 Å². The third-order valence-electron chi connectivity index (χ3n) is 3.88. The standard InChI is InChI=1S/C12H16/c1-10(2,3)9-4-5-11-7-12(11,6-9)8-11/h4-6H,7-8H2,1-3H3. The van der Waals surface area contributed by atoms with Crippen molar-refractivity contribution >= 4 is 0 Å². The number of hydrogen-bond donors (Lipinski definition) is 0. The molecule has 2 fully saturated rings. The molecule has 12 heavy (non-hydrogen) atoms. The van der Waals surface area contributed by atoms with E-state index in [2.05, 4.69) is 39.0 Å². The van der Waals surface area contributed by atoms with Crippen molar-refractivity contribution in [3.63, 3.8) is 0 Å². The summed E-state index contributed by atoms with van der Waals surface area (Å²) < 4.78 is 0. The molecule has 0 heteroatoms. The molecule has 0 aromatic carbocycles. The first-order valence-corrected chi connectivity index (χ1v) is 4.90. The van der Waals surface area contributed by atoms with E-state index >= 15 is 0 Å². The maximum atomic E-state index is 2.55. The van der Waals surface area contributed by atoms with Crippen LogP contribution in [-0.2, 0) is 0 Å². The van der Waals surface area contributed by atoms with E-state index in [4.69, 9.17) is 0 Å². The third-order valence-corrected chi connectivity index (χ3v) is 3.88. The van der Waals surface area contributed by atoms with E-state index in [-0.39, 0.29) is 0 Å². The molecule has 2 saturated carbocycles. The topological polar surface area (TPSA) is 0 Å². The summed E-state index contributed by atoms with van der Waals surface area (Å²) in [6.45, 7) is 6.91. The normalized spacial score (nSPS) is 47.8. The minimum Gasteiger partial charge on any atom is -0.0771 e. The monoisotopic (exact) mass is 160 g/mol. The molecule has 64 valence electrons. The largest absolute Gasteiger partial charge is 0.0771 e. The molecule has 3 rings (SSSR count). The molecule has 0 aromatic rings. The molecular weight excluding hydrogens is 144 g/mol. The van der Waals surface area contributed by atoms with Crippen molar-refractivity contribution in [1.29, 1.82) is 0 Å². The summed E-state index contributed by atoms with van der Waals surface area (Å²) in [5.74, 6) is 0. The van der Waals surface area contributed by atoms with Gasteiger partial charge in [-0.1, -0.05) is 39.0 Å². The Balaban J connectivity index is 2.00. The van der Waals surface area contributed by atoms with Crippen LogP contribution in [0.3, 0.4) is 0 Å². The first-order valence-electron chi connectivity index (χ1n) is 4.90. The zero-order chi connectivity index (χ0) is 8.61. The van der Waals surface area contributed by atoms with Crippen LogP contribution in [0.15, 0.2) is 23.8 Å². The van der Waals surface area contributed by atoms with Gasteiger partial charge in [0.25, 0.3) is 0 Å². The van der Waals surface area contributed by atoms with Crippen LogP contribution in [0.4, 0.5) is 0 Å². The SMILES string of the molecule is CC(C)(C)C1=CC23CC2(C=C1)C3. The summed E-state index contributed by atoms with van der Waals surface area (Å²) in [4.78, 5) is 0. The van der Waals surface area contributed by atoms with Gasteiger partial charge in [0.05, 0.1) is 0 Å². The van der Waals surface area contributed by atoms with Gasteiger partial charge in [-0.05, 0) is 34.7 Å². The van der Waals surface area contributed by atoms with E-state index in [9.17, 15) is 0 Å². The summed E-state index contributed by atoms with van der Waals surface area (Å²) in [5.41, 5.74) is 3.25. The van der Waals surface area contributed by atoms with Crippen molar-refractivity contribution in [2.75, 3.05) is 0 Å². The number of rotatable bonds is 0. The minimum absolute atomic E-state index is 0.350. The number of hydrogen-bond acceptors (Lipinski definition) is 0. The molecule has 0 radical (unpaired) electrons. The first-order chi connectivity index (χ1) is 5.48. The Bertz CT molecular complexity index is 303. The lowest BCUT2D eigenvalue weighted by atomic mass is 9.83. The predicted molar refractivity (Wildman–Crippen MR) is 50.8 cm³/mol. The summed E-state index contributed by atoms with van der Waals surface area (Å²) in [5, 5.41) is 0. The molecule has 0 N–H and O–H groups in total. The van der Waals surface area contributed by atoms with Crippen molar-refractivity contribution < 1.29 is 0 Å². The van der Waals surface area contributed by atoms with Crippen LogP contribution in [0.5, 0.6) is 0 Å².